The van der Waals surface area contributed by atoms with Gasteiger partial charge in [-0.15, -0.1) is 11.3 Å². The van der Waals surface area contributed by atoms with Crippen molar-refractivity contribution in [2.24, 2.45) is 5.84 Å². The maximum atomic E-state index is 6.20. The van der Waals surface area contributed by atoms with Gasteiger partial charge in [-0.2, -0.15) is 0 Å². The van der Waals surface area contributed by atoms with E-state index in [-0.39, 0.29) is 6.04 Å². The van der Waals surface area contributed by atoms with Crippen LogP contribution in [0.15, 0.2) is 34.1 Å². The number of benzene rings is 1. The van der Waals surface area contributed by atoms with Crippen molar-refractivity contribution >= 4 is 50.5 Å². The molecule has 0 radical (unpaired) electrons. The second kappa shape index (κ2) is 6.37. The minimum Gasteiger partial charge on any atom is -0.271 e. The van der Waals surface area contributed by atoms with Gasteiger partial charge in [0, 0.05) is 21.2 Å². The third-order valence-corrected chi connectivity index (χ3v) is 5.14. The van der Waals surface area contributed by atoms with Crippen LogP contribution in [0.3, 0.4) is 0 Å². The van der Waals surface area contributed by atoms with Gasteiger partial charge < -0.3 is 0 Å². The lowest BCUT2D eigenvalue weighted by Crippen LogP contribution is -2.29. The second-order valence-electron chi connectivity index (χ2n) is 3.80. The van der Waals surface area contributed by atoms with Gasteiger partial charge in [-0.25, -0.2) is 0 Å². The highest BCUT2D eigenvalue weighted by atomic mass is 79.9. The van der Waals surface area contributed by atoms with E-state index in [1.54, 1.807) is 17.4 Å². The van der Waals surface area contributed by atoms with Crippen molar-refractivity contribution in [1.29, 1.82) is 0 Å². The van der Waals surface area contributed by atoms with E-state index in [1.807, 2.05) is 17.5 Å². The second-order valence-corrected chi connectivity index (χ2v) is 6.49. The van der Waals surface area contributed by atoms with E-state index in [1.165, 1.54) is 4.88 Å². The van der Waals surface area contributed by atoms with Crippen LogP contribution in [-0.4, -0.2) is 0 Å². The van der Waals surface area contributed by atoms with Gasteiger partial charge in [0.2, 0.25) is 0 Å². The van der Waals surface area contributed by atoms with E-state index in [0.29, 0.717) is 10.0 Å². The SMILES string of the molecule is NNC(Cc1cc(Br)cs1)c1cccc(Cl)c1Cl. The van der Waals surface area contributed by atoms with E-state index in [4.69, 9.17) is 29.0 Å². The highest BCUT2D eigenvalue weighted by Gasteiger charge is 2.16. The van der Waals surface area contributed by atoms with Crippen LogP contribution in [0.2, 0.25) is 10.0 Å². The van der Waals surface area contributed by atoms with Crippen molar-refractivity contribution in [3.63, 3.8) is 0 Å². The summed E-state index contributed by atoms with van der Waals surface area (Å²) in [5.74, 6) is 5.62. The summed E-state index contributed by atoms with van der Waals surface area (Å²) in [7, 11) is 0. The zero-order valence-corrected chi connectivity index (χ0v) is 13.2. The fraction of sp³-hybridized carbons (Fsp3) is 0.167. The predicted molar refractivity (Wildman–Crippen MR) is 82.2 cm³/mol. The van der Waals surface area contributed by atoms with E-state index in [9.17, 15) is 0 Å². The molecule has 0 fully saturated rings. The van der Waals surface area contributed by atoms with Gasteiger partial charge in [0.15, 0.2) is 0 Å². The smallest absolute Gasteiger partial charge is 0.0640 e. The van der Waals surface area contributed by atoms with Crippen molar-refractivity contribution < 1.29 is 0 Å². The Hall–Kier alpha value is -0.100. The standard InChI is InChI=1S/C12H11BrCl2N2S/c13-7-4-8(18-6-7)5-11(17-16)9-2-1-3-10(14)12(9)15/h1-4,6,11,17H,5,16H2. The molecule has 1 heterocycles. The number of hydrogen-bond acceptors (Lipinski definition) is 3. The third kappa shape index (κ3) is 3.26. The van der Waals surface area contributed by atoms with Crippen LogP contribution in [-0.2, 0) is 6.42 Å². The number of halogens is 3. The molecule has 96 valence electrons. The van der Waals surface area contributed by atoms with Crippen molar-refractivity contribution in [2.45, 2.75) is 12.5 Å². The predicted octanol–water partition coefficient (Wildman–Crippen LogP) is 4.56. The van der Waals surface area contributed by atoms with Crippen LogP contribution in [0, 0.1) is 0 Å². The Morgan fingerprint density at radius 1 is 1.39 bits per heavy atom. The highest BCUT2D eigenvalue weighted by Crippen LogP contribution is 2.32. The molecule has 18 heavy (non-hydrogen) atoms. The summed E-state index contributed by atoms with van der Waals surface area (Å²) in [6, 6.07) is 7.59. The molecule has 0 saturated carbocycles. The lowest BCUT2D eigenvalue weighted by atomic mass is 10.0. The largest absolute Gasteiger partial charge is 0.271 e. The Morgan fingerprint density at radius 2 is 2.17 bits per heavy atom. The summed E-state index contributed by atoms with van der Waals surface area (Å²) in [6.45, 7) is 0. The quantitative estimate of drug-likeness (QED) is 0.615. The van der Waals surface area contributed by atoms with Crippen molar-refractivity contribution in [3.8, 4) is 0 Å². The van der Waals surface area contributed by atoms with Gasteiger partial charge >= 0.3 is 0 Å². The van der Waals surface area contributed by atoms with E-state index < -0.39 is 0 Å². The normalized spacial score (nSPS) is 12.7. The summed E-state index contributed by atoms with van der Waals surface area (Å²) in [4.78, 5) is 1.22. The number of nitrogens with two attached hydrogens (primary N) is 1. The molecule has 1 unspecified atom stereocenters. The lowest BCUT2D eigenvalue weighted by molar-refractivity contribution is 0.556. The van der Waals surface area contributed by atoms with Crippen molar-refractivity contribution in [1.82, 2.24) is 5.43 Å². The minimum atomic E-state index is -0.0539. The zero-order valence-electron chi connectivity index (χ0n) is 9.29. The first-order valence-electron chi connectivity index (χ1n) is 5.24. The Bertz CT molecular complexity index is 545. The molecule has 6 heteroatoms. The number of hydrogen-bond donors (Lipinski definition) is 2. The Morgan fingerprint density at radius 3 is 2.78 bits per heavy atom. The van der Waals surface area contributed by atoms with E-state index in [0.717, 1.165) is 16.5 Å². The van der Waals surface area contributed by atoms with Crippen LogP contribution in [0.25, 0.3) is 0 Å². The van der Waals surface area contributed by atoms with Gasteiger partial charge in [0.1, 0.15) is 0 Å². The van der Waals surface area contributed by atoms with Gasteiger partial charge in [0.05, 0.1) is 16.1 Å². The molecular weight excluding hydrogens is 355 g/mol. The first-order valence-corrected chi connectivity index (χ1v) is 7.67. The first kappa shape index (κ1) is 14.3. The summed E-state index contributed by atoms with van der Waals surface area (Å²) < 4.78 is 1.08. The fourth-order valence-corrected chi connectivity index (χ4v) is 3.65. The van der Waals surface area contributed by atoms with Crippen LogP contribution >= 0.6 is 50.5 Å². The maximum Gasteiger partial charge on any atom is 0.0640 e. The summed E-state index contributed by atoms with van der Waals surface area (Å²) in [5, 5.41) is 3.14. The van der Waals surface area contributed by atoms with Gasteiger partial charge in [-0.05, 0) is 33.6 Å². The minimum absolute atomic E-state index is 0.0539. The average Bonchev–Trinajstić information content (AvgIpc) is 2.76. The summed E-state index contributed by atoms with van der Waals surface area (Å²) in [5.41, 5.74) is 3.71. The average molecular weight is 366 g/mol. The highest BCUT2D eigenvalue weighted by molar-refractivity contribution is 9.10. The topological polar surface area (TPSA) is 38.0 Å². The molecule has 1 aromatic carbocycles. The fourth-order valence-electron chi connectivity index (χ4n) is 1.71. The number of hydrazine groups is 1. The molecule has 0 aliphatic heterocycles. The number of thiophene rings is 1. The molecule has 0 bridgehead atoms. The molecule has 0 saturated heterocycles. The molecule has 2 rings (SSSR count). The monoisotopic (exact) mass is 364 g/mol. The first-order chi connectivity index (χ1) is 8.61. The van der Waals surface area contributed by atoms with Crippen LogP contribution in [0.4, 0.5) is 0 Å². The maximum absolute atomic E-state index is 6.20. The lowest BCUT2D eigenvalue weighted by Gasteiger charge is -2.17. The van der Waals surface area contributed by atoms with Gasteiger partial charge in [-0.3, -0.25) is 11.3 Å². The molecule has 1 aromatic heterocycles. The third-order valence-electron chi connectivity index (χ3n) is 2.59. The van der Waals surface area contributed by atoms with Crippen LogP contribution in [0.1, 0.15) is 16.5 Å². The van der Waals surface area contributed by atoms with Gasteiger partial charge in [-0.1, -0.05) is 35.3 Å². The molecule has 2 aromatic rings. The Kier molecular flexibility index (Phi) is 5.06. The van der Waals surface area contributed by atoms with E-state index in [2.05, 4.69) is 27.4 Å². The summed E-state index contributed by atoms with van der Waals surface area (Å²) >= 11 is 17.3. The molecule has 0 aliphatic carbocycles. The molecule has 0 amide bonds. The number of rotatable bonds is 4. The van der Waals surface area contributed by atoms with Crippen molar-refractivity contribution in [2.75, 3.05) is 0 Å². The molecule has 0 spiro atoms. The molecule has 0 aliphatic rings. The van der Waals surface area contributed by atoms with Crippen LogP contribution < -0.4 is 11.3 Å². The van der Waals surface area contributed by atoms with Crippen LogP contribution in [0.5, 0.6) is 0 Å². The molecule has 2 nitrogen and oxygen atoms in total. The van der Waals surface area contributed by atoms with Crippen molar-refractivity contribution in [3.05, 3.63) is 54.6 Å². The van der Waals surface area contributed by atoms with E-state index >= 15 is 0 Å². The van der Waals surface area contributed by atoms with Gasteiger partial charge in [0.25, 0.3) is 0 Å². The molecule has 1 atom stereocenters. The molecular formula is C12H11BrCl2N2S. The Labute approximate surface area is 128 Å². The Balaban J connectivity index is 2.25. The zero-order chi connectivity index (χ0) is 13.1. The molecule has 3 N–H and O–H groups in total. The number of nitrogens with one attached hydrogen (secondary N) is 1. The summed E-state index contributed by atoms with van der Waals surface area (Å²) in [6.07, 6.45) is 0.771.